The number of carbonyl (C=O) groups excluding carboxylic acids is 1. The molecule has 5 nitrogen and oxygen atoms in total. The van der Waals surface area contributed by atoms with Gasteiger partial charge in [0.05, 0.1) is 6.61 Å². The number of amides is 1. The van der Waals surface area contributed by atoms with Crippen molar-refractivity contribution in [2.45, 2.75) is 19.8 Å². The van der Waals surface area contributed by atoms with E-state index in [1.165, 1.54) is 0 Å². The summed E-state index contributed by atoms with van der Waals surface area (Å²) in [5, 5.41) is 0. The molecule has 1 amide bonds. The van der Waals surface area contributed by atoms with Crippen molar-refractivity contribution in [3.63, 3.8) is 0 Å². The second-order valence-corrected chi connectivity index (χ2v) is 5.66. The molecular weight excluding hydrogens is 340 g/mol. The maximum Gasteiger partial charge on any atom is 0.264 e. The number of halogens is 1. The molecule has 0 atom stereocenters. The van der Waals surface area contributed by atoms with Crippen LogP contribution >= 0.6 is 12.4 Å². The van der Waals surface area contributed by atoms with Crippen LogP contribution in [0, 0.1) is 0 Å². The van der Waals surface area contributed by atoms with E-state index >= 15 is 0 Å². The Morgan fingerprint density at radius 2 is 1.84 bits per heavy atom. The van der Waals surface area contributed by atoms with Crippen molar-refractivity contribution in [1.29, 1.82) is 0 Å². The van der Waals surface area contributed by atoms with Gasteiger partial charge in [-0.3, -0.25) is 4.79 Å². The lowest BCUT2D eigenvalue weighted by molar-refractivity contribution is -0.120. The molecule has 0 bridgehead atoms. The topological polar surface area (TPSA) is 64.8 Å². The van der Waals surface area contributed by atoms with Gasteiger partial charge in [0.25, 0.3) is 5.91 Å². The molecule has 134 valence electrons. The number of fused-ring (bicyclic) bond motifs is 1. The minimum atomic E-state index is -0.0761. The van der Waals surface area contributed by atoms with Crippen LogP contribution in [0.1, 0.15) is 18.9 Å². The molecule has 0 saturated heterocycles. The van der Waals surface area contributed by atoms with Crippen LogP contribution in [0.15, 0.2) is 42.5 Å². The molecule has 0 unspecified atom stereocenters. The third-order valence-electron chi connectivity index (χ3n) is 4.09. The van der Waals surface area contributed by atoms with E-state index in [1.807, 2.05) is 43.3 Å². The van der Waals surface area contributed by atoms with Crippen LogP contribution in [0.25, 0.3) is 0 Å². The van der Waals surface area contributed by atoms with Crippen molar-refractivity contribution in [3.8, 4) is 11.5 Å². The molecule has 2 aromatic carbocycles. The van der Waals surface area contributed by atoms with Gasteiger partial charge in [0, 0.05) is 17.9 Å². The molecule has 2 aromatic rings. The number of nitrogen functional groups attached to an aromatic ring is 1. The fourth-order valence-corrected chi connectivity index (χ4v) is 2.97. The number of anilines is 2. The van der Waals surface area contributed by atoms with Crippen molar-refractivity contribution < 1.29 is 14.3 Å². The molecule has 2 N–H and O–H groups in total. The summed E-state index contributed by atoms with van der Waals surface area (Å²) in [4.78, 5) is 14.4. The quantitative estimate of drug-likeness (QED) is 0.827. The molecule has 3 rings (SSSR count). The maximum atomic E-state index is 12.6. The number of nitrogens with two attached hydrogens (primary N) is 1. The molecule has 1 heterocycles. The largest absolute Gasteiger partial charge is 0.490 e. The van der Waals surface area contributed by atoms with E-state index in [1.54, 1.807) is 11.0 Å². The second-order valence-electron chi connectivity index (χ2n) is 5.66. The van der Waals surface area contributed by atoms with Crippen LogP contribution in [0.4, 0.5) is 11.4 Å². The Bertz CT molecular complexity index is 736. The molecule has 0 aliphatic carbocycles. The number of carbonyl (C=O) groups is 1. The zero-order chi connectivity index (χ0) is 16.9. The summed E-state index contributed by atoms with van der Waals surface area (Å²) >= 11 is 0. The highest BCUT2D eigenvalue weighted by molar-refractivity contribution is 5.96. The van der Waals surface area contributed by atoms with Crippen molar-refractivity contribution >= 4 is 29.7 Å². The lowest BCUT2D eigenvalue weighted by Crippen LogP contribution is -2.38. The maximum absolute atomic E-state index is 12.6. The molecule has 0 fully saturated rings. The molecular formula is C19H23ClN2O3. The van der Waals surface area contributed by atoms with Gasteiger partial charge in [0.15, 0.2) is 18.1 Å². The summed E-state index contributed by atoms with van der Waals surface area (Å²) in [7, 11) is 0. The molecule has 1 aliphatic heterocycles. The number of hydrogen-bond donors (Lipinski definition) is 1. The average molecular weight is 363 g/mol. The third kappa shape index (κ3) is 4.17. The molecule has 0 spiro atoms. The first-order chi connectivity index (χ1) is 11.7. The van der Waals surface area contributed by atoms with E-state index in [9.17, 15) is 4.79 Å². The summed E-state index contributed by atoms with van der Waals surface area (Å²) in [6.07, 6.45) is 1.81. The fourth-order valence-electron chi connectivity index (χ4n) is 2.97. The fraction of sp³-hybridized carbons (Fsp3) is 0.316. The van der Waals surface area contributed by atoms with Crippen LogP contribution in [0.2, 0.25) is 0 Å². The van der Waals surface area contributed by atoms with E-state index in [4.69, 9.17) is 15.2 Å². The minimum Gasteiger partial charge on any atom is -0.490 e. The van der Waals surface area contributed by atoms with Gasteiger partial charge in [-0.15, -0.1) is 12.4 Å². The van der Waals surface area contributed by atoms with Gasteiger partial charge >= 0.3 is 0 Å². The van der Waals surface area contributed by atoms with Crippen LogP contribution in [-0.2, 0) is 11.2 Å². The van der Waals surface area contributed by atoms with Gasteiger partial charge < -0.3 is 20.1 Å². The monoisotopic (exact) mass is 362 g/mol. The molecule has 0 saturated carbocycles. The zero-order valence-corrected chi connectivity index (χ0v) is 15.1. The lowest BCUT2D eigenvalue weighted by atomic mass is 10.00. The predicted molar refractivity (Wildman–Crippen MR) is 102 cm³/mol. The highest BCUT2D eigenvalue weighted by Gasteiger charge is 2.24. The SMILES string of the molecule is CCOc1ccccc1OCC(=O)N1CCCc2c(N)cccc21.Cl. The van der Waals surface area contributed by atoms with Gasteiger partial charge in [0.1, 0.15) is 0 Å². The third-order valence-corrected chi connectivity index (χ3v) is 4.09. The Kier molecular flexibility index (Phi) is 6.53. The van der Waals surface area contributed by atoms with Crippen LogP contribution in [0.3, 0.4) is 0 Å². The van der Waals surface area contributed by atoms with Gasteiger partial charge in [-0.2, -0.15) is 0 Å². The molecule has 6 heteroatoms. The van der Waals surface area contributed by atoms with Crippen molar-refractivity contribution in [1.82, 2.24) is 0 Å². The average Bonchev–Trinajstić information content (AvgIpc) is 2.61. The first-order valence-electron chi connectivity index (χ1n) is 8.23. The van der Waals surface area contributed by atoms with E-state index in [-0.39, 0.29) is 24.9 Å². The number of nitrogens with zero attached hydrogens (tertiary/aromatic N) is 1. The van der Waals surface area contributed by atoms with Gasteiger partial charge in [-0.05, 0) is 49.6 Å². The first-order valence-corrected chi connectivity index (χ1v) is 8.23. The van der Waals surface area contributed by atoms with Crippen LogP contribution in [-0.4, -0.2) is 25.7 Å². The van der Waals surface area contributed by atoms with Crippen molar-refractivity contribution in [2.24, 2.45) is 0 Å². The summed E-state index contributed by atoms with van der Waals surface area (Å²) in [5.74, 6) is 1.15. The summed E-state index contributed by atoms with van der Waals surface area (Å²) in [5.41, 5.74) is 8.72. The highest BCUT2D eigenvalue weighted by atomic mass is 35.5. The molecule has 0 aromatic heterocycles. The Morgan fingerprint density at radius 1 is 1.12 bits per heavy atom. The smallest absolute Gasteiger partial charge is 0.264 e. The summed E-state index contributed by atoms with van der Waals surface area (Å²) < 4.78 is 11.2. The second kappa shape index (κ2) is 8.62. The van der Waals surface area contributed by atoms with E-state index in [0.29, 0.717) is 24.7 Å². The normalized spacial score (nSPS) is 12.8. The number of rotatable bonds is 5. The minimum absolute atomic E-state index is 0. The summed E-state index contributed by atoms with van der Waals surface area (Å²) in [6, 6.07) is 13.1. The van der Waals surface area contributed by atoms with E-state index in [0.717, 1.165) is 29.8 Å². The number of ether oxygens (including phenoxy) is 2. The van der Waals surface area contributed by atoms with Gasteiger partial charge in [-0.1, -0.05) is 18.2 Å². The van der Waals surface area contributed by atoms with E-state index < -0.39 is 0 Å². The molecule has 0 radical (unpaired) electrons. The lowest BCUT2D eigenvalue weighted by Gasteiger charge is -2.30. The van der Waals surface area contributed by atoms with Crippen LogP contribution < -0.4 is 20.1 Å². The Labute approximate surface area is 154 Å². The Balaban J connectivity index is 0.00000225. The Hall–Kier alpha value is -2.40. The van der Waals surface area contributed by atoms with Gasteiger partial charge in [-0.25, -0.2) is 0 Å². The van der Waals surface area contributed by atoms with Crippen molar-refractivity contribution in [2.75, 3.05) is 30.4 Å². The molecule has 25 heavy (non-hydrogen) atoms. The number of benzene rings is 2. The van der Waals surface area contributed by atoms with Crippen LogP contribution in [0.5, 0.6) is 11.5 Å². The Morgan fingerprint density at radius 3 is 2.56 bits per heavy atom. The zero-order valence-electron chi connectivity index (χ0n) is 14.2. The van der Waals surface area contributed by atoms with Gasteiger partial charge in [0.2, 0.25) is 0 Å². The number of para-hydroxylation sites is 2. The first kappa shape index (κ1) is 18.9. The van der Waals surface area contributed by atoms with E-state index in [2.05, 4.69) is 0 Å². The predicted octanol–water partition coefficient (Wildman–Crippen LogP) is 3.45. The van der Waals surface area contributed by atoms with Crippen molar-refractivity contribution in [3.05, 3.63) is 48.0 Å². The standard InChI is InChI=1S/C19H22N2O3.ClH/c1-2-23-17-10-3-4-11-18(17)24-13-19(22)21-12-6-7-14-15(20)8-5-9-16(14)21;/h3-5,8-11H,2,6-7,12-13,20H2,1H3;1H. The summed E-state index contributed by atoms with van der Waals surface area (Å²) in [6.45, 7) is 3.12. The molecule has 1 aliphatic rings. The number of hydrogen-bond acceptors (Lipinski definition) is 4. The highest BCUT2D eigenvalue weighted by Crippen LogP contribution is 2.32.